The Balaban J connectivity index is 1.92. The van der Waals surface area contributed by atoms with Crippen molar-refractivity contribution >= 4 is 0 Å². The Labute approximate surface area is 90.2 Å². The second-order valence-electron chi connectivity index (χ2n) is 3.48. The predicted octanol–water partition coefficient (Wildman–Crippen LogP) is 2.02. The lowest BCUT2D eigenvalue weighted by Gasteiger charge is -2.07. The summed E-state index contributed by atoms with van der Waals surface area (Å²) in [4.78, 5) is 3.47. The molecule has 0 saturated carbocycles. The smallest absolute Gasteiger partial charge is 0.372 e. The number of epoxide rings is 1. The van der Waals surface area contributed by atoms with E-state index in [0.717, 1.165) is 6.07 Å². The van der Waals surface area contributed by atoms with Crippen LogP contribution in [-0.4, -0.2) is 24.3 Å². The van der Waals surface area contributed by atoms with E-state index in [0.29, 0.717) is 13.2 Å². The van der Waals surface area contributed by atoms with Gasteiger partial charge < -0.3 is 9.47 Å². The van der Waals surface area contributed by atoms with E-state index in [2.05, 4.69) is 4.98 Å². The van der Waals surface area contributed by atoms with Crippen LogP contribution in [-0.2, 0) is 22.3 Å². The van der Waals surface area contributed by atoms with Crippen molar-refractivity contribution in [1.82, 2.24) is 4.98 Å². The third-order valence-corrected chi connectivity index (χ3v) is 2.05. The van der Waals surface area contributed by atoms with Gasteiger partial charge in [-0.2, -0.15) is 13.2 Å². The van der Waals surface area contributed by atoms with Crippen molar-refractivity contribution in [3.8, 4) is 0 Å². The van der Waals surface area contributed by atoms with Crippen molar-refractivity contribution in [2.24, 2.45) is 0 Å². The molecule has 1 unspecified atom stereocenters. The lowest BCUT2D eigenvalue weighted by molar-refractivity contribution is -0.141. The van der Waals surface area contributed by atoms with Crippen LogP contribution in [0.5, 0.6) is 0 Å². The second-order valence-corrected chi connectivity index (χ2v) is 3.48. The summed E-state index contributed by atoms with van der Waals surface area (Å²) in [5.74, 6) is 0. The Morgan fingerprint density at radius 3 is 2.81 bits per heavy atom. The first-order valence-electron chi connectivity index (χ1n) is 4.78. The van der Waals surface area contributed by atoms with Crippen molar-refractivity contribution in [2.45, 2.75) is 18.9 Å². The van der Waals surface area contributed by atoms with E-state index >= 15 is 0 Å². The van der Waals surface area contributed by atoms with Crippen LogP contribution in [0.3, 0.4) is 0 Å². The van der Waals surface area contributed by atoms with Crippen molar-refractivity contribution in [1.29, 1.82) is 0 Å². The van der Waals surface area contributed by atoms with Gasteiger partial charge in [0.2, 0.25) is 0 Å². The topological polar surface area (TPSA) is 34.6 Å². The minimum Gasteiger partial charge on any atom is -0.372 e. The van der Waals surface area contributed by atoms with Crippen LogP contribution >= 0.6 is 0 Å². The average molecular weight is 233 g/mol. The normalized spacial score (nSPS) is 19.8. The zero-order valence-electron chi connectivity index (χ0n) is 8.33. The van der Waals surface area contributed by atoms with E-state index in [4.69, 9.17) is 9.47 Å². The van der Waals surface area contributed by atoms with E-state index < -0.39 is 11.9 Å². The summed E-state index contributed by atoms with van der Waals surface area (Å²) >= 11 is 0. The molecule has 0 N–H and O–H groups in total. The Morgan fingerprint density at radius 1 is 1.44 bits per heavy atom. The number of aromatic nitrogens is 1. The van der Waals surface area contributed by atoms with Gasteiger partial charge in [-0.15, -0.1) is 0 Å². The molecule has 0 aromatic carbocycles. The first kappa shape index (κ1) is 11.3. The third kappa shape index (κ3) is 3.18. The highest BCUT2D eigenvalue weighted by molar-refractivity contribution is 5.13. The summed E-state index contributed by atoms with van der Waals surface area (Å²) in [5, 5.41) is 0. The van der Waals surface area contributed by atoms with Crippen molar-refractivity contribution in [2.75, 3.05) is 13.2 Å². The number of halogens is 3. The van der Waals surface area contributed by atoms with Crippen molar-refractivity contribution < 1.29 is 22.6 Å². The SMILES string of the molecule is FC(F)(F)c1cccc(COCC2CO2)n1. The molecule has 0 bridgehead atoms. The minimum absolute atomic E-state index is 0.0732. The number of nitrogens with zero attached hydrogens (tertiary/aromatic N) is 1. The number of pyridine rings is 1. The molecule has 6 heteroatoms. The van der Waals surface area contributed by atoms with E-state index in [1.165, 1.54) is 12.1 Å². The maximum Gasteiger partial charge on any atom is 0.433 e. The van der Waals surface area contributed by atoms with E-state index in [1.54, 1.807) is 0 Å². The van der Waals surface area contributed by atoms with Crippen LogP contribution in [0.15, 0.2) is 18.2 Å². The highest BCUT2D eigenvalue weighted by Crippen LogP contribution is 2.27. The van der Waals surface area contributed by atoms with Crippen molar-refractivity contribution in [3.63, 3.8) is 0 Å². The summed E-state index contributed by atoms with van der Waals surface area (Å²) in [5.41, 5.74) is -0.619. The van der Waals surface area contributed by atoms with Crippen LogP contribution in [0.2, 0.25) is 0 Å². The fraction of sp³-hybridized carbons (Fsp3) is 0.500. The Kier molecular flexibility index (Phi) is 3.11. The molecule has 1 fully saturated rings. The summed E-state index contributed by atoms with van der Waals surface area (Å²) in [6, 6.07) is 3.76. The van der Waals surface area contributed by atoms with Crippen LogP contribution in [0.25, 0.3) is 0 Å². The van der Waals surface area contributed by atoms with Gasteiger partial charge in [0, 0.05) is 0 Å². The maximum atomic E-state index is 12.3. The fourth-order valence-electron chi connectivity index (χ4n) is 1.18. The lowest BCUT2D eigenvalue weighted by Crippen LogP contribution is -2.10. The molecule has 0 amide bonds. The van der Waals surface area contributed by atoms with Crippen LogP contribution in [0.4, 0.5) is 13.2 Å². The Hall–Kier alpha value is -1.14. The zero-order valence-corrected chi connectivity index (χ0v) is 8.33. The Bertz CT molecular complexity index is 363. The molecule has 0 spiro atoms. The molecule has 3 nitrogen and oxygen atoms in total. The molecule has 0 radical (unpaired) electrons. The van der Waals surface area contributed by atoms with Crippen molar-refractivity contribution in [3.05, 3.63) is 29.6 Å². The molecule has 0 aliphatic carbocycles. The number of rotatable bonds is 4. The highest BCUT2D eigenvalue weighted by Gasteiger charge is 2.32. The molecule has 1 saturated heterocycles. The van der Waals surface area contributed by atoms with Gasteiger partial charge in [-0.3, -0.25) is 0 Å². The van der Waals surface area contributed by atoms with Gasteiger partial charge >= 0.3 is 6.18 Å². The maximum absolute atomic E-state index is 12.3. The predicted molar refractivity (Wildman–Crippen MR) is 48.6 cm³/mol. The largest absolute Gasteiger partial charge is 0.433 e. The van der Waals surface area contributed by atoms with E-state index in [-0.39, 0.29) is 18.4 Å². The molecule has 1 aliphatic rings. The zero-order chi connectivity index (χ0) is 11.6. The molecule has 1 aromatic heterocycles. The molecular formula is C10H10F3NO2. The van der Waals surface area contributed by atoms with Gasteiger partial charge in [0.25, 0.3) is 0 Å². The molecule has 1 aromatic rings. The number of hydrogen-bond acceptors (Lipinski definition) is 3. The van der Waals surface area contributed by atoms with Crippen LogP contribution < -0.4 is 0 Å². The number of hydrogen-bond donors (Lipinski definition) is 0. The summed E-state index contributed by atoms with van der Waals surface area (Å²) < 4.78 is 47.0. The molecule has 1 atom stereocenters. The molecule has 88 valence electrons. The summed E-state index contributed by atoms with van der Waals surface area (Å²) in [6.45, 7) is 1.14. The van der Waals surface area contributed by atoms with Crippen LogP contribution in [0.1, 0.15) is 11.4 Å². The molecular weight excluding hydrogens is 223 g/mol. The number of ether oxygens (including phenoxy) is 2. The van der Waals surface area contributed by atoms with Gasteiger partial charge in [0.05, 0.1) is 25.5 Å². The fourth-order valence-corrected chi connectivity index (χ4v) is 1.18. The first-order valence-corrected chi connectivity index (χ1v) is 4.78. The standard InChI is InChI=1S/C10H10F3NO2/c11-10(12,13)9-3-1-2-7(14-9)4-15-5-8-6-16-8/h1-3,8H,4-6H2. The number of alkyl halides is 3. The monoisotopic (exact) mass is 233 g/mol. The molecule has 2 rings (SSSR count). The second kappa shape index (κ2) is 4.39. The lowest BCUT2D eigenvalue weighted by atomic mass is 10.3. The third-order valence-electron chi connectivity index (χ3n) is 2.05. The summed E-state index contributed by atoms with van der Waals surface area (Å²) in [6.07, 6.45) is -4.30. The molecule has 1 aliphatic heterocycles. The van der Waals surface area contributed by atoms with E-state index in [1.807, 2.05) is 0 Å². The minimum atomic E-state index is -4.41. The molecule has 16 heavy (non-hydrogen) atoms. The highest BCUT2D eigenvalue weighted by atomic mass is 19.4. The first-order chi connectivity index (χ1) is 7.55. The van der Waals surface area contributed by atoms with Gasteiger partial charge in [0.1, 0.15) is 11.8 Å². The average Bonchev–Trinajstić information content (AvgIpc) is 3.01. The quantitative estimate of drug-likeness (QED) is 0.746. The van der Waals surface area contributed by atoms with Crippen LogP contribution in [0, 0.1) is 0 Å². The van der Waals surface area contributed by atoms with Gasteiger partial charge in [0.15, 0.2) is 0 Å². The van der Waals surface area contributed by atoms with E-state index in [9.17, 15) is 13.2 Å². The Morgan fingerprint density at radius 2 is 2.19 bits per heavy atom. The van der Waals surface area contributed by atoms with Gasteiger partial charge in [-0.05, 0) is 12.1 Å². The summed E-state index contributed by atoms with van der Waals surface area (Å²) in [7, 11) is 0. The molecule has 2 heterocycles. The van der Waals surface area contributed by atoms with Gasteiger partial charge in [-0.25, -0.2) is 4.98 Å². The van der Waals surface area contributed by atoms with Gasteiger partial charge in [-0.1, -0.05) is 6.07 Å².